The van der Waals surface area contributed by atoms with Crippen molar-refractivity contribution in [2.24, 2.45) is 0 Å². The Balaban J connectivity index is 1.58. The van der Waals surface area contributed by atoms with Gasteiger partial charge in [0.05, 0.1) is 13.2 Å². The van der Waals surface area contributed by atoms with E-state index in [-0.39, 0.29) is 18.6 Å². The van der Waals surface area contributed by atoms with E-state index in [4.69, 9.17) is 9.47 Å². The van der Waals surface area contributed by atoms with E-state index in [1.165, 1.54) is 0 Å². The van der Waals surface area contributed by atoms with Gasteiger partial charge in [-0.15, -0.1) is 0 Å². The standard InChI is InChI=1S/C20H23NO3/c1-2-16-8-6-7-11-18(16)24-15-20(22)21-12-13-23-19(14-21)17-9-4-3-5-10-17/h3-11,19H,2,12-15H2,1H3. The molecule has 0 saturated carbocycles. The molecule has 0 N–H and O–H groups in total. The molecule has 1 saturated heterocycles. The highest BCUT2D eigenvalue weighted by Gasteiger charge is 2.25. The van der Waals surface area contributed by atoms with Crippen LogP contribution < -0.4 is 4.74 Å². The maximum atomic E-state index is 12.5. The molecule has 1 unspecified atom stereocenters. The first-order chi connectivity index (χ1) is 11.8. The van der Waals surface area contributed by atoms with Gasteiger partial charge < -0.3 is 14.4 Å². The molecule has 0 aliphatic carbocycles. The Morgan fingerprint density at radius 1 is 1.17 bits per heavy atom. The second-order valence-electron chi connectivity index (χ2n) is 5.86. The highest BCUT2D eigenvalue weighted by molar-refractivity contribution is 5.78. The third-order valence-electron chi connectivity index (χ3n) is 4.30. The number of nitrogens with zero attached hydrogens (tertiary/aromatic N) is 1. The van der Waals surface area contributed by atoms with E-state index in [9.17, 15) is 4.79 Å². The van der Waals surface area contributed by atoms with Gasteiger partial charge in [0.15, 0.2) is 6.61 Å². The lowest BCUT2D eigenvalue weighted by atomic mass is 10.1. The minimum Gasteiger partial charge on any atom is -0.483 e. The Bertz CT molecular complexity index is 672. The van der Waals surface area contributed by atoms with Gasteiger partial charge in [-0.25, -0.2) is 0 Å². The van der Waals surface area contributed by atoms with Gasteiger partial charge in [0.1, 0.15) is 11.9 Å². The number of amides is 1. The van der Waals surface area contributed by atoms with Gasteiger partial charge in [0.2, 0.25) is 0 Å². The summed E-state index contributed by atoms with van der Waals surface area (Å²) in [5.74, 6) is 0.798. The SMILES string of the molecule is CCc1ccccc1OCC(=O)N1CCOC(c2ccccc2)C1. The maximum Gasteiger partial charge on any atom is 0.260 e. The van der Waals surface area contributed by atoms with Gasteiger partial charge in [-0.1, -0.05) is 55.5 Å². The first-order valence-corrected chi connectivity index (χ1v) is 8.43. The van der Waals surface area contributed by atoms with Crippen LogP contribution in [-0.4, -0.2) is 37.1 Å². The van der Waals surface area contributed by atoms with Crippen molar-refractivity contribution in [2.75, 3.05) is 26.3 Å². The Hall–Kier alpha value is -2.33. The van der Waals surface area contributed by atoms with Gasteiger partial charge in [-0.05, 0) is 23.6 Å². The maximum absolute atomic E-state index is 12.5. The predicted octanol–water partition coefficient (Wildman–Crippen LogP) is 3.23. The third kappa shape index (κ3) is 3.95. The molecule has 1 aliphatic heterocycles. The molecule has 0 radical (unpaired) electrons. The van der Waals surface area contributed by atoms with Crippen molar-refractivity contribution in [3.63, 3.8) is 0 Å². The molecule has 1 heterocycles. The zero-order valence-electron chi connectivity index (χ0n) is 14.0. The second kappa shape index (κ2) is 7.97. The van der Waals surface area contributed by atoms with Crippen molar-refractivity contribution >= 4 is 5.91 Å². The summed E-state index contributed by atoms with van der Waals surface area (Å²) in [4.78, 5) is 14.3. The summed E-state index contributed by atoms with van der Waals surface area (Å²) in [5.41, 5.74) is 2.22. The molecule has 4 heteroatoms. The van der Waals surface area contributed by atoms with Gasteiger partial charge in [-0.2, -0.15) is 0 Å². The summed E-state index contributed by atoms with van der Waals surface area (Å²) in [6, 6.07) is 17.9. The highest BCUT2D eigenvalue weighted by atomic mass is 16.5. The van der Waals surface area contributed by atoms with Crippen LogP contribution in [0.5, 0.6) is 5.75 Å². The number of ether oxygens (including phenoxy) is 2. The van der Waals surface area contributed by atoms with Crippen LogP contribution in [0.3, 0.4) is 0 Å². The fourth-order valence-electron chi connectivity index (χ4n) is 2.91. The molecule has 1 atom stereocenters. The largest absolute Gasteiger partial charge is 0.483 e. The number of benzene rings is 2. The Labute approximate surface area is 143 Å². The average molecular weight is 325 g/mol. The number of morpholine rings is 1. The summed E-state index contributed by atoms with van der Waals surface area (Å²) in [5, 5.41) is 0. The van der Waals surface area contributed by atoms with Crippen LogP contribution in [0.2, 0.25) is 0 Å². The number of aryl methyl sites for hydroxylation is 1. The molecule has 0 bridgehead atoms. The van der Waals surface area contributed by atoms with E-state index in [0.29, 0.717) is 19.7 Å². The molecular formula is C20H23NO3. The zero-order chi connectivity index (χ0) is 16.8. The number of carbonyl (C=O) groups excluding carboxylic acids is 1. The number of para-hydroxylation sites is 1. The summed E-state index contributed by atoms with van der Waals surface area (Å²) in [6.07, 6.45) is 0.824. The molecule has 4 nitrogen and oxygen atoms in total. The average Bonchev–Trinajstić information content (AvgIpc) is 2.67. The monoisotopic (exact) mass is 325 g/mol. The molecule has 0 aromatic heterocycles. The lowest BCUT2D eigenvalue weighted by molar-refractivity contribution is -0.141. The normalized spacial score (nSPS) is 17.5. The summed E-state index contributed by atoms with van der Waals surface area (Å²) < 4.78 is 11.6. The first kappa shape index (κ1) is 16.5. The minimum absolute atomic E-state index is 0.00476. The Kier molecular flexibility index (Phi) is 5.49. The smallest absolute Gasteiger partial charge is 0.260 e. The predicted molar refractivity (Wildman–Crippen MR) is 93.0 cm³/mol. The molecule has 24 heavy (non-hydrogen) atoms. The summed E-state index contributed by atoms with van der Waals surface area (Å²) in [6.45, 7) is 3.88. The summed E-state index contributed by atoms with van der Waals surface area (Å²) in [7, 11) is 0. The fourth-order valence-corrected chi connectivity index (χ4v) is 2.91. The molecule has 3 rings (SSSR count). The second-order valence-corrected chi connectivity index (χ2v) is 5.86. The van der Waals surface area contributed by atoms with E-state index in [1.807, 2.05) is 59.5 Å². The first-order valence-electron chi connectivity index (χ1n) is 8.43. The van der Waals surface area contributed by atoms with E-state index >= 15 is 0 Å². The van der Waals surface area contributed by atoms with E-state index in [2.05, 4.69) is 6.92 Å². The molecule has 0 spiro atoms. The van der Waals surface area contributed by atoms with Crippen LogP contribution in [0.4, 0.5) is 0 Å². The van der Waals surface area contributed by atoms with Crippen molar-refractivity contribution < 1.29 is 14.3 Å². The zero-order valence-corrected chi connectivity index (χ0v) is 14.0. The topological polar surface area (TPSA) is 38.8 Å². The van der Waals surface area contributed by atoms with Crippen LogP contribution in [0.15, 0.2) is 54.6 Å². The van der Waals surface area contributed by atoms with Gasteiger partial charge in [-0.3, -0.25) is 4.79 Å². The van der Waals surface area contributed by atoms with Crippen molar-refractivity contribution in [1.82, 2.24) is 4.90 Å². The van der Waals surface area contributed by atoms with Crippen molar-refractivity contribution in [1.29, 1.82) is 0 Å². The van der Waals surface area contributed by atoms with Gasteiger partial charge in [0.25, 0.3) is 5.91 Å². The minimum atomic E-state index is -0.0631. The molecule has 126 valence electrons. The van der Waals surface area contributed by atoms with Gasteiger partial charge >= 0.3 is 0 Å². The molecule has 2 aromatic carbocycles. The van der Waals surface area contributed by atoms with Gasteiger partial charge in [0, 0.05) is 6.54 Å². The highest BCUT2D eigenvalue weighted by Crippen LogP contribution is 2.22. The Morgan fingerprint density at radius 2 is 1.92 bits per heavy atom. The molecule has 1 fully saturated rings. The fraction of sp³-hybridized carbons (Fsp3) is 0.350. The van der Waals surface area contributed by atoms with Crippen LogP contribution in [0.1, 0.15) is 24.2 Å². The van der Waals surface area contributed by atoms with E-state index < -0.39 is 0 Å². The number of hydrogen-bond acceptors (Lipinski definition) is 3. The van der Waals surface area contributed by atoms with Crippen LogP contribution in [-0.2, 0) is 16.0 Å². The van der Waals surface area contributed by atoms with Crippen molar-refractivity contribution in [3.8, 4) is 5.75 Å². The van der Waals surface area contributed by atoms with Crippen LogP contribution >= 0.6 is 0 Å². The van der Waals surface area contributed by atoms with Crippen molar-refractivity contribution in [2.45, 2.75) is 19.4 Å². The Morgan fingerprint density at radius 3 is 2.71 bits per heavy atom. The van der Waals surface area contributed by atoms with Crippen LogP contribution in [0, 0.1) is 0 Å². The summed E-state index contributed by atoms with van der Waals surface area (Å²) >= 11 is 0. The van der Waals surface area contributed by atoms with E-state index in [0.717, 1.165) is 23.3 Å². The quantitative estimate of drug-likeness (QED) is 0.847. The molecule has 2 aromatic rings. The lowest BCUT2D eigenvalue weighted by Crippen LogP contribution is -2.44. The number of carbonyl (C=O) groups is 1. The number of hydrogen-bond donors (Lipinski definition) is 0. The van der Waals surface area contributed by atoms with E-state index in [1.54, 1.807) is 0 Å². The number of rotatable bonds is 5. The third-order valence-corrected chi connectivity index (χ3v) is 4.30. The van der Waals surface area contributed by atoms with Crippen LogP contribution in [0.25, 0.3) is 0 Å². The lowest BCUT2D eigenvalue weighted by Gasteiger charge is -2.33. The molecule has 1 amide bonds. The molecule has 1 aliphatic rings. The molecular weight excluding hydrogens is 302 g/mol. The van der Waals surface area contributed by atoms with Crippen molar-refractivity contribution in [3.05, 3.63) is 65.7 Å².